The lowest BCUT2D eigenvalue weighted by Gasteiger charge is -2.12. The molecule has 106 valence electrons. The summed E-state index contributed by atoms with van der Waals surface area (Å²) in [5.41, 5.74) is 2.37. The van der Waals surface area contributed by atoms with E-state index in [0.29, 0.717) is 17.9 Å². The summed E-state index contributed by atoms with van der Waals surface area (Å²) in [6.07, 6.45) is 0. The quantitative estimate of drug-likeness (QED) is 0.901. The van der Waals surface area contributed by atoms with Crippen molar-refractivity contribution < 1.29 is 13.9 Å². The van der Waals surface area contributed by atoms with E-state index in [1.807, 2.05) is 18.2 Å². The first-order chi connectivity index (χ1) is 9.63. The smallest absolute Gasteiger partial charge is 0.145 e. The minimum Gasteiger partial charge on any atom is -0.497 e. The summed E-state index contributed by atoms with van der Waals surface area (Å²) in [7, 11) is 3.21. The molecule has 0 unspecified atom stereocenters. The highest BCUT2D eigenvalue weighted by molar-refractivity contribution is 5.59. The van der Waals surface area contributed by atoms with Gasteiger partial charge in [0.25, 0.3) is 0 Å². The molecule has 0 saturated carbocycles. The molecule has 1 N–H and O–H groups in total. The largest absolute Gasteiger partial charge is 0.497 e. The van der Waals surface area contributed by atoms with Crippen LogP contribution in [-0.2, 0) is 6.54 Å². The Balaban J connectivity index is 2.12. The zero-order valence-corrected chi connectivity index (χ0v) is 11.9. The topological polar surface area (TPSA) is 30.5 Å². The molecular weight excluding hydrogens is 257 g/mol. The van der Waals surface area contributed by atoms with Crippen molar-refractivity contribution in [2.24, 2.45) is 0 Å². The van der Waals surface area contributed by atoms with Crippen LogP contribution in [0.2, 0.25) is 0 Å². The number of rotatable bonds is 5. The van der Waals surface area contributed by atoms with Crippen LogP contribution in [-0.4, -0.2) is 14.2 Å². The first kappa shape index (κ1) is 14.2. The van der Waals surface area contributed by atoms with Gasteiger partial charge in [-0.2, -0.15) is 0 Å². The number of methoxy groups -OCH3 is 2. The molecule has 0 bridgehead atoms. The van der Waals surface area contributed by atoms with Gasteiger partial charge in [-0.15, -0.1) is 0 Å². The Hall–Kier alpha value is -2.23. The molecule has 0 spiro atoms. The molecule has 20 heavy (non-hydrogen) atoms. The molecule has 3 nitrogen and oxygen atoms in total. The Morgan fingerprint density at radius 3 is 2.50 bits per heavy atom. The third-order valence-corrected chi connectivity index (χ3v) is 3.13. The first-order valence-electron chi connectivity index (χ1n) is 6.35. The van der Waals surface area contributed by atoms with E-state index in [1.54, 1.807) is 39.3 Å². The van der Waals surface area contributed by atoms with Gasteiger partial charge >= 0.3 is 0 Å². The van der Waals surface area contributed by atoms with Gasteiger partial charge in [0, 0.05) is 12.6 Å². The van der Waals surface area contributed by atoms with Gasteiger partial charge in [-0.3, -0.25) is 0 Å². The van der Waals surface area contributed by atoms with E-state index in [4.69, 9.17) is 9.47 Å². The Bertz CT molecular complexity index is 599. The lowest BCUT2D eigenvalue weighted by Crippen LogP contribution is -2.02. The van der Waals surface area contributed by atoms with Crippen LogP contribution in [0.1, 0.15) is 11.1 Å². The van der Waals surface area contributed by atoms with Crippen molar-refractivity contribution in [3.8, 4) is 11.5 Å². The SMILES string of the molecule is COc1ccc(NCc2ccc(C)c(F)c2)c(OC)c1. The second-order valence-electron chi connectivity index (χ2n) is 4.50. The van der Waals surface area contributed by atoms with Crippen LogP contribution in [0.25, 0.3) is 0 Å². The average molecular weight is 275 g/mol. The maximum Gasteiger partial charge on any atom is 0.145 e. The summed E-state index contributed by atoms with van der Waals surface area (Å²) >= 11 is 0. The molecule has 2 rings (SSSR count). The summed E-state index contributed by atoms with van der Waals surface area (Å²) in [4.78, 5) is 0. The van der Waals surface area contributed by atoms with E-state index in [2.05, 4.69) is 5.32 Å². The highest BCUT2D eigenvalue weighted by Crippen LogP contribution is 2.29. The van der Waals surface area contributed by atoms with Crippen LogP contribution < -0.4 is 14.8 Å². The van der Waals surface area contributed by atoms with Crippen LogP contribution in [0.15, 0.2) is 36.4 Å². The van der Waals surface area contributed by atoms with Crippen molar-refractivity contribution in [1.29, 1.82) is 0 Å². The first-order valence-corrected chi connectivity index (χ1v) is 6.35. The summed E-state index contributed by atoms with van der Waals surface area (Å²) in [5, 5.41) is 3.23. The molecule has 0 aliphatic carbocycles. The lowest BCUT2D eigenvalue weighted by molar-refractivity contribution is 0.395. The minimum absolute atomic E-state index is 0.189. The third kappa shape index (κ3) is 3.20. The average Bonchev–Trinajstić information content (AvgIpc) is 2.48. The fourth-order valence-electron chi connectivity index (χ4n) is 1.89. The van der Waals surface area contributed by atoms with Gasteiger partial charge in [0.15, 0.2) is 0 Å². The summed E-state index contributed by atoms with van der Waals surface area (Å²) < 4.78 is 23.9. The number of ether oxygens (including phenoxy) is 2. The number of aryl methyl sites for hydroxylation is 1. The second kappa shape index (κ2) is 6.28. The molecule has 0 saturated heterocycles. The van der Waals surface area contributed by atoms with Crippen LogP contribution >= 0.6 is 0 Å². The Morgan fingerprint density at radius 1 is 1.05 bits per heavy atom. The van der Waals surface area contributed by atoms with E-state index < -0.39 is 0 Å². The Labute approximate surface area is 118 Å². The number of benzene rings is 2. The van der Waals surface area contributed by atoms with Crippen molar-refractivity contribution in [2.75, 3.05) is 19.5 Å². The number of halogens is 1. The van der Waals surface area contributed by atoms with E-state index in [9.17, 15) is 4.39 Å². The third-order valence-electron chi connectivity index (χ3n) is 3.13. The minimum atomic E-state index is -0.189. The van der Waals surface area contributed by atoms with Crippen LogP contribution in [0.4, 0.5) is 10.1 Å². The monoisotopic (exact) mass is 275 g/mol. The normalized spacial score (nSPS) is 10.2. The molecular formula is C16H18FNO2. The Morgan fingerprint density at radius 2 is 1.85 bits per heavy atom. The molecule has 0 amide bonds. The van der Waals surface area contributed by atoms with Crippen LogP contribution in [0.3, 0.4) is 0 Å². The van der Waals surface area contributed by atoms with Crippen LogP contribution in [0.5, 0.6) is 11.5 Å². The molecule has 0 atom stereocenters. The zero-order chi connectivity index (χ0) is 14.5. The maximum atomic E-state index is 13.5. The molecule has 2 aromatic carbocycles. The molecule has 0 radical (unpaired) electrons. The van der Waals surface area contributed by atoms with Crippen molar-refractivity contribution >= 4 is 5.69 Å². The van der Waals surface area contributed by atoms with Gasteiger partial charge in [0.05, 0.1) is 19.9 Å². The molecule has 2 aromatic rings. The van der Waals surface area contributed by atoms with Crippen molar-refractivity contribution in [3.05, 3.63) is 53.3 Å². The van der Waals surface area contributed by atoms with Gasteiger partial charge in [-0.25, -0.2) is 4.39 Å². The maximum absolute atomic E-state index is 13.5. The van der Waals surface area contributed by atoms with E-state index in [-0.39, 0.29) is 5.82 Å². The molecule has 0 aliphatic heterocycles. The van der Waals surface area contributed by atoms with Gasteiger partial charge in [-0.1, -0.05) is 12.1 Å². The molecule has 0 heterocycles. The summed E-state index contributed by atoms with van der Waals surface area (Å²) in [6, 6.07) is 10.7. The number of hydrogen-bond acceptors (Lipinski definition) is 3. The van der Waals surface area contributed by atoms with E-state index in [0.717, 1.165) is 17.0 Å². The highest BCUT2D eigenvalue weighted by Gasteiger charge is 2.05. The summed E-state index contributed by atoms with van der Waals surface area (Å²) in [6.45, 7) is 2.28. The summed E-state index contributed by atoms with van der Waals surface area (Å²) in [5.74, 6) is 1.23. The Kier molecular flexibility index (Phi) is 4.45. The second-order valence-corrected chi connectivity index (χ2v) is 4.50. The van der Waals surface area contributed by atoms with Gasteiger partial charge in [0.2, 0.25) is 0 Å². The number of nitrogens with one attached hydrogen (secondary N) is 1. The van der Waals surface area contributed by atoms with Gasteiger partial charge in [-0.05, 0) is 36.2 Å². The zero-order valence-electron chi connectivity index (χ0n) is 11.9. The van der Waals surface area contributed by atoms with Crippen molar-refractivity contribution in [3.63, 3.8) is 0 Å². The van der Waals surface area contributed by atoms with Gasteiger partial charge < -0.3 is 14.8 Å². The number of anilines is 1. The standard InChI is InChI=1S/C16H18FNO2/c1-11-4-5-12(8-14(11)17)10-18-15-7-6-13(19-2)9-16(15)20-3/h4-9,18H,10H2,1-3H3. The highest BCUT2D eigenvalue weighted by atomic mass is 19.1. The van der Waals surface area contributed by atoms with Crippen LogP contribution in [0, 0.1) is 12.7 Å². The van der Waals surface area contributed by atoms with E-state index >= 15 is 0 Å². The molecule has 0 aromatic heterocycles. The lowest BCUT2D eigenvalue weighted by atomic mass is 10.1. The number of hydrogen-bond donors (Lipinski definition) is 1. The van der Waals surface area contributed by atoms with Crippen molar-refractivity contribution in [2.45, 2.75) is 13.5 Å². The molecule has 4 heteroatoms. The predicted molar refractivity (Wildman–Crippen MR) is 78.0 cm³/mol. The molecule has 0 aliphatic rings. The fraction of sp³-hybridized carbons (Fsp3) is 0.250. The molecule has 0 fully saturated rings. The van der Waals surface area contributed by atoms with Gasteiger partial charge in [0.1, 0.15) is 17.3 Å². The fourth-order valence-corrected chi connectivity index (χ4v) is 1.89. The van der Waals surface area contributed by atoms with E-state index in [1.165, 1.54) is 0 Å². The van der Waals surface area contributed by atoms with Crippen molar-refractivity contribution in [1.82, 2.24) is 0 Å². The predicted octanol–water partition coefficient (Wildman–Crippen LogP) is 3.76.